The van der Waals surface area contributed by atoms with E-state index in [2.05, 4.69) is 25.2 Å². The molecule has 0 radical (unpaired) electrons. The maximum Gasteiger partial charge on any atom is 0.255 e. The SMILES string of the molecule is O=C(Nc1cccc(-c2nnc3n2CCCCC3)c1)c1ccc(Cn2cccn2)cc1. The fourth-order valence-corrected chi connectivity index (χ4v) is 3.98. The summed E-state index contributed by atoms with van der Waals surface area (Å²) in [6.45, 7) is 1.62. The van der Waals surface area contributed by atoms with E-state index < -0.39 is 0 Å². The highest BCUT2D eigenvalue weighted by atomic mass is 16.1. The summed E-state index contributed by atoms with van der Waals surface area (Å²) in [6, 6.07) is 17.3. The number of carbonyl (C=O) groups is 1. The number of aromatic nitrogens is 5. The van der Waals surface area contributed by atoms with Gasteiger partial charge in [-0.1, -0.05) is 30.7 Å². The molecule has 31 heavy (non-hydrogen) atoms. The minimum Gasteiger partial charge on any atom is -0.322 e. The standard InChI is InChI=1S/C24H24N6O/c31-24(19-11-9-18(10-12-19)17-29-14-5-13-25-29)26-21-7-4-6-20(16-21)23-28-27-22-8-2-1-3-15-30(22)23/h4-7,9-14,16H,1-3,8,15,17H2,(H,26,31). The van der Waals surface area contributed by atoms with Gasteiger partial charge in [-0.15, -0.1) is 10.2 Å². The molecule has 1 amide bonds. The van der Waals surface area contributed by atoms with Gasteiger partial charge in [-0.3, -0.25) is 9.48 Å². The predicted octanol–water partition coefficient (Wildman–Crippen LogP) is 4.17. The van der Waals surface area contributed by atoms with Crippen LogP contribution in [0.25, 0.3) is 11.4 Å². The number of benzene rings is 2. The van der Waals surface area contributed by atoms with Crippen molar-refractivity contribution >= 4 is 11.6 Å². The number of hydrogen-bond donors (Lipinski definition) is 1. The molecule has 2 aromatic heterocycles. The van der Waals surface area contributed by atoms with Gasteiger partial charge in [0, 0.05) is 42.2 Å². The van der Waals surface area contributed by atoms with Crippen molar-refractivity contribution in [3.8, 4) is 11.4 Å². The first-order valence-electron chi connectivity index (χ1n) is 10.7. The fourth-order valence-electron chi connectivity index (χ4n) is 3.98. The van der Waals surface area contributed by atoms with Crippen molar-refractivity contribution in [2.75, 3.05) is 5.32 Å². The van der Waals surface area contributed by atoms with Crippen LogP contribution in [0.1, 0.15) is 41.0 Å². The number of nitrogens with zero attached hydrogens (tertiary/aromatic N) is 5. The van der Waals surface area contributed by atoms with Crippen LogP contribution in [0, 0.1) is 0 Å². The van der Waals surface area contributed by atoms with Crippen LogP contribution in [0.4, 0.5) is 5.69 Å². The summed E-state index contributed by atoms with van der Waals surface area (Å²) < 4.78 is 4.07. The molecule has 3 heterocycles. The summed E-state index contributed by atoms with van der Waals surface area (Å²) >= 11 is 0. The van der Waals surface area contributed by atoms with Gasteiger partial charge in [-0.25, -0.2) is 0 Å². The van der Waals surface area contributed by atoms with Crippen LogP contribution < -0.4 is 5.32 Å². The number of rotatable bonds is 5. The molecule has 5 rings (SSSR count). The summed E-state index contributed by atoms with van der Waals surface area (Å²) in [6.07, 6.45) is 8.17. The average molecular weight is 412 g/mol. The molecule has 0 fully saturated rings. The Kier molecular flexibility index (Phi) is 5.31. The molecule has 2 aromatic carbocycles. The minimum absolute atomic E-state index is 0.136. The molecule has 1 aliphatic rings. The monoisotopic (exact) mass is 412 g/mol. The predicted molar refractivity (Wildman–Crippen MR) is 119 cm³/mol. The van der Waals surface area contributed by atoms with Crippen LogP contribution >= 0.6 is 0 Å². The fraction of sp³-hybridized carbons (Fsp3) is 0.250. The lowest BCUT2D eigenvalue weighted by Crippen LogP contribution is -2.12. The lowest BCUT2D eigenvalue weighted by molar-refractivity contribution is 0.102. The van der Waals surface area contributed by atoms with Crippen LogP contribution in [0.15, 0.2) is 67.0 Å². The van der Waals surface area contributed by atoms with E-state index in [1.807, 2.05) is 65.5 Å². The van der Waals surface area contributed by atoms with E-state index in [-0.39, 0.29) is 5.91 Å². The third-order valence-corrected chi connectivity index (χ3v) is 5.61. The molecule has 0 saturated heterocycles. The third kappa shape index (κ3) is 4.26. The van der Waals surface area contributed by atoms with Gasteiger partial charge in [0.1, 0.15) is 5.82 Å². The lowest BCUT2D eigenvalue weighted by Gasteiger charge is -2.10. The number of amides is 1. The van der Waals surface area contributed by atoms with Crippen LogP contribution in [0.5, 0.6) is 0 Å². The summed E-state index contributed by atoms with van der Waals surface area (Å²) in [7, 11) is 0. The molecule has 7 heteroatoms. The van der Waals surface area contributed by atoms with E-state index >= 15 is 0 Å². The normalized spacial score (nSPS) is 13.4. The summed E-state index contributed by atoms with van der Waals surface area (Å²) in [5.41, 5.74) is 3.42. The van der Waals surface area contributed by atoms with Crippen molar-refractivity contribution in [2.24, 2.45) is 0 Å². The van der Waals surface area contributed by atoms with Gasteiger partial charge in [0.15, 0.2) is 5.82 Å². The molecule has 0 spiro atoms. The number of aryl methyl sites for hydroxylation is 1. The van der Waals surface area contributed by atoms with E-state index in [4.69, 9.17) is 0 Å². The molecule has 1 N–H and O–H groups in total. The number of anilines is 1. The Morgan fingerprint density at radius 3 is 2.74 bits per heavy atom. The van der Waals surface area contributed by atoms with Gasteiger partial charge in [-0.2, -0.15) is 5.10 Å². The maximum absolute atomic E-state index is 12.8. The Morgan fingerprint density at radius 2 is 1.90 bits per heavy atom. The molecule has 0 atom stereocenters. The van der Waals surface area contributed by atoms with Crippen LogP contribution in [0.3, 0.4) is 0 Å². The molecule has 0 aliphatic carbocycles. The highest BCUT2D eigenvalue weighted by Gasteiger charge is 2.16. The first kappa shape index (κ1) is 19.2. The molecule has 0 bridgehead atoms. The molecule has 0 unspecified atom stereocenters. The van der Waals surface area contributed by atoms with E-state index in [0.29, 0.717) is 12.1 Å². The number of carbonyl (C=O) groups excluding carboxylic acids is 1. The van der Waals surface area contributed by atoms with Gasteiger partial charge >= 0.3 is 0 Å². The van der Waals surface area contributed by atoms with Gasteiger partial charge < -0.3 is 9.88 Å². The summed E-state index contributed by atoms with van der Waals surface area (Å²) in [5.74, 6) is 1.79. The van der Waals surface area contributed by atoms with E-state index in [9.17, 15) is 4.79 Å². The number of fused-ring (bicyclic) bond motifs is 1. The second kappa shape index (κ2) is 8.55. The van der Waals surface area contributed by atoms with E-state index in [0.717, 1.165) is 54.3 Å². The lowest BCUT2D eigenvalue weighted by atomic mass is 10.1. The van der Waals surface area contributed by atoms with Crippen LogP contribution in [0.2, 0.25) is 0 Å². The van der Waals surface area contributed by atoms with Crippen molar-refractivity contribution in [2.45, 2.75) is 38.8 Å². The highest BCUT2D eigenvalue weighted by Crippen LogP contribution is 2.25. The molecule has 156 valence electrons. The number of nitrogens with one attached hydrogen (secondary N) is 1. The second-order valence-corrected chi connectivity index (χ2v) is 7.84. The molecule has 4 aromatic rings. The molecular formula is C24H24N6O. The molecule has 0 saturated carbocycles. The van der Waals surface area contributed by atoms with Crippen molar-refractivity contribution in [3.05, 3.63) is 83.9 Å². The number of hydrogen-bond acceptors (Lipinski definition) is 4. The zero-order valence-electron chi connectivity index (χ0n) is 17.2. The van der Waals surface area contributed by atoms with Gasteiger partial charge in [0.25, 0.3) is 5.91 Å². The largest absolute Gasteiger partial charge is 0.322 e. The highest BCUT2D eigenvalue weighted by molar-refractivity contribution is 6.04. The Morgan fingerprint density at radius 1 is 1.00 bits per heavy atom. The summed E-state index contributed by atoms with van der Waals surface area (Å²) in [4.78, 5) is 12.8. The van der Waals surface area contributed by atoms with Gasteiger partial charge in [-0.05, 0) is 48.7 Å². The maximum atomic E-state index is 12.8. The van der Waals surface area contributed by atoms with Crippen molar-refractivity contribution in [3.63, 3.8) is 0 Å². The van der Waals surface area contributed by atoms with Crippen LogP contribution in [-0.2, 0) is 19.5 Å². The second-order valence-electron chi connectivity index (χ2n) is 7.84. The van der Waals surface area contributed by atoms with Crippen molar-refractivity contribution in [1.82, 2.24) is 24.5 Å². The topological polar surface area (TPSA) is 77.6 Å². The Bertz CT molecular complexity index is 1180. The Balaban J connectivity index is 1.31. The zero-order chi connectivity index (χ0) is 21.0. The smallest absolute Gasteiger partial charge is 0.255 e. The zero-order valence-corrected chi connectivity index (χ0v) is 17.2. The minimum atomic E-state index is -0.136. The average Bonchev–Trinajstić information content (AvgIpc) is 3.39. The Labute approximate surface area is 180 Å². The molecule has 1 aliphatic heterocycles. The molecular weight excluding hydrogens is 388 g/mol. The Hall–Kier alpha value is -3.74. The van der Waals surface area contributed by atoms with E-state index in [1.54, 1.807) is 6.20 Å². The van der Waals surface area contributed by atoms with Gasteiger partial charge in [0.05, 0.1) is 6.54 Å². The van der Waals surface area contributed by atoms with Crippen molar-refractivity contribution in [1.29, 1.82) is 0 Å². The summed E-state index contributed by atoms with van der Waals surface area (Å²) in [5, 5.41) is 16.0. The third-order valence-electron chi connectivity index (χ3n) is 5.61. The first-order chi connectivity index (χ1) is 15.3. The quantitative estimate of drug-likeness (QED) is 0.534. The van der Waals surface area contributed by atoms with Gasteiger partial charge in [0.2, 0.25) is 0 Å². The molecule has 7 nitrogen and oxygen atoms in total. The van der Waals surface area contributed by atoms with Crippen molar-refractivity contribution < 1.29 is 4.79 Å². The van der Waals surface area contributed by atoms with E-state index in [1.165, 1.54) is 6.42 Å². The van der Waals surface area contributed by atoms with Crippen LogP contribution in [-0.4, -0.2) is 30.5 Å². The first-order valence-corrected chi connectivity index (χ1v) is 10.7.